The molecule has 5 rings (SSSR count). The van der Waals surface area contributed by atoms with Crippen molar-refractivity contribution in [1.82, 2.24) is 9.21 Å². The van der Waals surface area contributed by atoms with Crippen molar-refractivity contribution in [1.29, 1.82) is 0 Å². The number of hydrogen-bond acceptors (Lipinski definition) is 8. The zero-order valence-electron chi connectivity index (χ0n) is 21.0. The number of benzene rings is 2. The Kier molecular flexibility index (Phi) is 7.07. The highest BCUT2D eigenvalue weighted by Gasteiger charge is 2.33. The quantitative estimate of drug-likeness (QED) is 0.409. The summed E-state index contributed by atoms with van der Waals surface area (Å²) in [5.74, 6) is -0.359. The monoisotopic (exact) mass is 543 g/mol. The van der Waals surface area contributed by atoms with Crippen molar-refractivity contribution < 1.29 is 27.7 Å². The predicted molar refractivity (Wildman–Crippen MR) is 139 cm³/mol. The first-order valence-corrected chi connectivity index (χ1v) is 13.9. The van der Waals surface area contributed by atoms with E-state index in [1.807, 2.05) is 0 Å². The minimum atomic E-state index is -3.77. The van der Waals surface area contributed by atoms with Crippen LogP contribution in [0.2, 0.25) is 0 Å². The zero-order valence-corrected chi connectivity index (χ0v) is 21.9. The number of piperazine rings is 1. The molecule has 0 aromatic heterocycles. The Morgan fingerprint density at radius 3 is 2.26 bits per heavy atom. The van der Waals surface area contributed by atoms with Crippen molar-refractivity contribution in [2.45, 2.75) is 18.2 Å². The number of nitro benzene ring substituents is 1. The topological polar surface area (TPSA) is 134 Å². The largest absolute Gasteiger partial charge is 0.378 e. The molecule has 38 heavy (non-hydrogen) atoms. The molecule has 2 fully saturated rings. The lowest BCUT2D eigenvalue weighted by Crippen LogP contribution is -2.48. The number of sulfonamides is 1. The molecule has 0 aliphatic carbocycles. The van der Waals surface area contributed by atoms with E-state index in [2.05, 4.69) is 0 Å². The molecule has 13 heteroatoms. The molecule has 12 nitrogen and oxygen atoms in total. The van der Waals surface area contributed by atoms with Gasteiger partial charge in [-0.25, -0.2) is 8.42 Å². The molecule has 0 bridgehead atoms. The van der Waals surface area contributed by atoms with E-state index in [0.29, 0.717) is 45.0 Å². The average molecular weight is 544 g/mol. The molecule has 0 saturated carbocycles. The molecule has 3 heterocycles. The van der Waals surface area contributed by atoms with Gasteiger partial charge in [0.1, 0.15) is 5.69 Å². The predicted octanol–water partition coefficient (Wildman–Crippen LogP) is 1.49. The molecule has 3 aliphatic rings. The van der Waals surface area contributed by atoms with Gasteiger partial charge in [-0.05, 0) is 42.3 Å². The van der Waals surface area contributed by atoms with Gasteiger partial charge in [-0.2, -0.15) is 4.31 Å². The third-order valence-corrected chi connectivity index (χ3v) is 9.16. The Morgan fingerprint density at radius 1 is 0.921 bits per heavy atom. The fourth-order valence-electron chi connectivity index (χ4n) is 5.20. The van der Waals surface area contributed by atoms with Gasteiger partial charge < -0.3 is 19.4 Å². The second-order valence-corrected chi connectivity index (χ2v) is 11.4. The first kappa shape index (κ1) is 26.1. The highest BCUT2D eigenvalue weighted by molar-refractivity contribution is 7.89. The fourth-order valence-corrected chi connectivity index (χ4v) is 6.68. The first-order chi connectivity index (χ1) is 18.2. The molecule has 2 saturated heterocycles. The smallest absolute Gasteiger partial charge is 0.293 e. The normalized spacial score (nSPS) is 18.4. The number of fused-ring (bicyclic) bond motifs is 1. The molecule has 0 N–H and O–H groups in total. The maximum absolute atomic E-state index is 13.4. The maximum Gasteiger partial charge on any atom is 0.293 e. The Labute approximate surface area is 220 Å². The van der Waals surface area contributed by atoms with E-state index in [-0.39, 0.29) is 54.1 Å². The van der Waals surface area contributed by atoms with Crippen LogP contribution < -0.4 is 9.80 Å². The maximum atomic E-state index is 13.4. The number of anilines is 2. The minimum Gasteiger partial charge on any atom is -0.378 e. The Hall–Kier alpha value is -3.55. The van der Waals surface area contributed by atoms with E-state index in [1.54, 1.807) is 39.0 Å². The van der Waals surface area contributed by atoms with Crippen LogP contribution in [-0.4, -0.2) is 93.4 Å². The lowest BCUT2D eigenvalue weighted by molar-refractivity contribution is -0.384. The van der Waals surface area contributed by atoms with Crippen LogP contribution in [0.1, 0.15) is 22.8 Å². The van der Waals surface area contributed by atoms with Gasteiger partial charge in [0.15, 0.2) is 0 Å². The molecule has 0 radical (unpaired) electrons. The highest BCUT2D eigenvalue weighted by atomic mass is 32.2. The number of carbonyl (C=O) groups is 2. The molecule has 2 aromatic carbocycles. The number of carbonyl (C=O) groups excluding carboxylic acids is 2. The van der Waals surface area contributed by atoms with Crippen molar-refractivity contribution in [2.75, 3.05) is 68.8 Å². The summed E-state index contributed by atoms with van der Waals surface area (Å²) in [7, 11) is -3.77. The van der Waals surface area contributed by atoms with Gasteiger partial charge in [-0.1, -0.05) is 0 Å². The summed E-state index contributed by atoms with van der Waals surface area (Å²) in [5, 5.41) is 11.9. The second kappa shape index (κ2) is 10.3. The van der Waals surface area contributed by atoms with Gasteiger partial charge in [0.25, 0.3) is 11.6 Å². The number of hydrogen-bond donors (Lipinski definition) is 0. The van der Waals surface area contributed by atoms with E-state index >= 15 is 0 Å². The standard InChI is InChI=1S/C25H29N5O7S/c1-18(31)29-7-6-19-16-21(3-5-22(19)29)38(35,36)28-10-8-26(9-11-28)23-4-2-20(17-24(23)30(33)34)25(32)27-12-14-37-15-13-27/h2-5,16-17H,6-15H2,1H3. The summed E-state index contributed by atoms with van der Waals surface area (Å²) in [6.45, 7) is 4.59. The van der Waals surface area contributed by atoms with Gasteiger partial charge in [0, 0.05) is 70.1 Å². The summed E-state index contributed by atoms with van der Waals surface area (Å²) in [6, 6.07) is 9.28. The van der Waals surface area contributed by atoms with Gasteiger partial charge in [-0.15, -0.1) is 0 Å². The summed E-state index contributed by atoms with van der Waals surface area (Å²) in [5.41, 5.74) is 1.97. The highest BCUT2D eigenvalue weighted by Crippen LogP contribution is 2.33. The van der Waals surface area contributed by atoms with Crippen LogP contribution in [0, 0.1) is 10.1 Å². The molecule has 3 aliphatic heterocycles. The Morgan fingerprint density at radius 2 is 1.61 bits per heavy atom. The van der Waals surface area contributed by atoms with E-state index in [9.17, 15) is 28.1 Å². The number of morpholine rings is 1. The second-order valence-electron chi connectivity index (χ2n) is 9.47. The summed E-state index contributed by atoms with van der Waals surface area (Å²) in [4.78, 5) is 41.2. The summed E-state index contributed by atoms with van der Waals surface area (Å²) >= 11 is 0. The van der Waals surface area contributed by atoms with Crippen molar-refractivity contribution in [3.05, 3.63) is 57.6 Å². The molecule has 2 aromatic rings. The van der Waals surface area contributed by atoms with Crippen molar-refractivity contribution in [3.8, 4) is 0 Å². The minimum absolute atomic E-state index is 0.0805. The number of rotatable bonds is 5. The number of amides is 2. The van der Waals surface area contributed by atoms with Gasteiger partial charge in [-0.3, -0.25) is 19.7 Å². The van der Waals surface area contributed by atoms with Crippen LogP contribution in [0.5, 0.6) is 0 Å². The summed E-state index contributed by atoms with van der Waals surface area (Å²) < 4.78 is 33.4. The molecule has 0 spiro atoms. The molecule has 202 valence electrons. The van der Waals surface area contributed by atoms with Gasteiger partial charge in [0.05, 0.1) is 23.0 Å². The number of nitrogens with zero attached hydrogens (tertiary/aromatic N) is 5. The van der Waals surface area contributed by atoms with Crippen LogP contribution in [-0.2, 0) is 26.0 Å². The SMILES string of the molecule is CC(=O)N1CCc2cc(S(=O)(=O)N3CCN(c4ccc(C(=O)N5CCOCC5)cc4[N+](=O)[O-])CC3)ccc21. The summed E-state index contributed by atoms with van der Waals surface area (Å²) in [6.07, 6.45) is 0.597. The van der Waals surface area contributed by atoms with Crippen LogP contribution in [0.3, 0.4) is 0 Å². The molecular formula is C25H29N5O7S. The molecule has 2 amide bonds. The van der Waals surface area contributed by atoms with Crippen LogP contribution >= 0.6 is 0 Å². The average Bonchev–Trinajstić information content (AvgIpc) is 3.37. The van der Waals surface area contributed by atoms with E-state index in [1.165, 1.54) is 23.4 Å². The van der Waals surface area contributed by atoms with E-state index in [4.69, 9.17) is 4.74 Å². The van der Waals surface area contributed by atoms with E-state index in [0.717, 1.165) is 11.3 Å². The van der Waals surface area contributed by atoms with Crippen LogP contribution in [0.25, 0.3) is 0 Å². The molecular weight excluding hydrogens is 514 g/mol. The van der Waals surface area contributed by atoms with Gasteiger partial charge in [0.2, 0.25) is 15.9 Å². The molecule has 0 unspecified atom stereocenters. The number of nitro groups is 1. The lowest BCUT2D eigenvalue weighted by Gasteiger charge is -2.35. The lowest BCUT2D eigenvalue weighted by atomic mass is 10.1. The van der Waals surface area contributed by atoms with Gasteiger partial charge >= 0.3 is 0 Å². The number of ether oxygens (including phenoxy) is 1. The fraction of sp³-hybridized carbons (Fsp3) is 0.440. The van der Waals surface area contributed by atoms with Crippen molar-refractivity contribution in [2.24, 2.45) is 0 Å². The van der Waals surface area contributed by atoms with Crippen LogP contribution in [0.4, 0.5) is 17.1 Å². The van der Waals surface area contributed by atoms with E-state index < -0.39 is 14.9 Å². The molecule has 0 atom stereocenters. The Bertz CT molecular complexity index is 1380. The van der Waals surface area contributed by atoms with Crippen molar-refractivity contribution in [3.63, 3.8) is 0 Å². The first-order valence-electron chi connectivity index (χ1n) is 12.5. The zero-order chi connectivity index (χ0) is 27.0. The third kappa shape index (κ3) is 4.84. The third-order valence-electron chi connectivity index (χ3n) is 7.26. The van der Waals surface area contributed by atoms with Crippen molar-refractivity contribution >= 4 is 38.9 Å². The Balaban J connectivity index is 1.30. The van der Waals surface area contributed by atoms with Crippen LogP contribution in [0.15, 0.2) is 41.3 Å².